The van der Waals surface area contributed by atoms with Crippen molar-refractivity contribution in [2.24, 2.45) is 0 Å². The van der Waals surface area contributed by atoms with Crippen molar-refractivity contribution in [3.8, 4) is 0 Å². The van der Waals surface area contributed by atoms with Crippen LogP contribution in [0.3, 0.4) is 0 Å². The predicted octanol–water partition coefficient (Wildman–Crippen LogP) is 3.00. The van der Waals surface area contributed by atoms with Gasteiger partial charge in [-0.15, -0.1) is 0 Å². The van der Waals surface area contributed by atoms with E-state index in [9.17, 15) is 4.79 Å². The molecule has 0 radical (unpaired) electrons. The van der Waals surface area contributed by atoms with E-state index >= 15 is 0 Å². The SMILES string of the molecule is CCCCCCCC/C=C/NC=O. The first-order chi connectivity index (χ1) is 6.41. The number of carbonyl (C=O) groups is 1. The highest BCUT2D eigenvalue weighted by Crippen LogP contribution is 2.06. The molecule has 0 fully saturated rings. The molecule has 2 heteroatoms. The second-order valence-electron chi connectivity index (χ2n) is 3.24. The molecule has 0 saturated heterocycles. The molecule has 2 nitrogen and oxygen atoms in total. The number of unbranched alkanes of at least 4 members (excludes halogenated alkanes) is 6. The zero-order chi connectivity index (χ0) is 9.78. The summed E-state index contributed by atoms with van der Waals surface area (Å²) in [5.41, 5.74) is 0. The predicted molar refractivity (Wildman–Crippen MR) is 56.3 cm³/mol. The van der Waals surface area contributed by atoms with Crippen molar-refractivity contribution in [2.45, 2.75) is 51.9 Å². The summed E-state index contributed by atoms with van der Waals surface area (Å²) in [5.74, 6) is 0. The topological polar surface area (TPSA) is 29.1 Å². The van der Waals surface area contributed by atoms with Gasteiger partial charge in [0.25, 0.3) is 0 Å². The summed E-state index contributed by atoms with van der Waals surface area (Å²) in [5, 5.41) is 2.50. The summed E-state index contributed by atoms with van der Waals surface area (Å²) in [4.78, 5) is 9.85. The normalized spacial score (nSPS) is 10.5. The van der Waals surface area contributed by atoms with Crippen molar-refractivity contribution >= 4 is 6.41 Å². The third-order valence-corrected chi connectivity index (χ3v) is 2.01. The monoisotopic (exact) mass is 183 g/mol. The maximum Gasteiger partial charge on any atom is 0.211 e. The molecular weight excluding hydrogens is 162 g/mol. The van der Waals surface area contributed by atoms with Gasteiger partial charge in [0.15, 0.2) is 0 Å². The van der Waals surface area contributed by atoms with Crippen molar-refractivity contribution in [1.82, 2.24) is 5.32 Å². The maximum absolute atomic E-state index is 9.85. The molecule has 0 aromatic carbocycles. The standard InChI is InChI=1S/C11H21NO/c1-2-3-4-5-6-7-8-9-10-12-11-13/h9-11H,2-8H2,1H3,(H,12,13)/b10-9+. The third kappa shape index (κ3) is 11.2. The number of hydrogen-bond donors (Lipinski definition) is 1. The van der Waals surface area contributed by atoms with E-state index in [1.165, 1.54) is 38.5 Å². The molecule has 0 bridgehead atoms. The van der Waals surface area contributed by atoms with Gasteiger partial charge < -0.3 is 5.32 Å². The highest BCUT2D eigenvalue weighted by molar-refractivity contribution is 5.47. The van der Waals surface area contributed by atoms with Crippen molar-refractivity contribution in [1.29, 1.82) is 0 Å². The average molecular weight is 183 g/mol. The van der Waals surface area contributed by atoms with Crippen LogP contribution in [0, 0.1) is 0 Å². The van der Waals surface area contributed by atoms with E-state index in [0.717, 1.165) is 6.42 Å². The van der Waals surface area contributed by atoms with Crippen LogP contribution in [0.2, 0.25) is 0 Å². The fourth-order valence-electron chi connectivity index (χ4n) is 1.23. The van der Waals surface area contributed by atoms with E-state index in [-0.39, 0.29) is 0 Å². The van der Waals surface area contributed by atoms with Crippen molar-refractivity contribution in [3.05, 3.63) is 12.3 Å². The van der Waals surface area contributed by atoms with Crippen molar-refractivity contribution in [2.75, 3.05) is 0 Å². The molecule has 0 heterocycles. The molecule has 0 rings (SSSR count). The first kappa shape index (κ1) is 12.2. The van der Waals surface area contributed by atoms with Gasteiger partial charge in [-0.05, 0) is 19.0 Å². The van der Waals surface area contributed by atoms with Crippen LogP contribution in [0.4, 0.5) is 0 Å². The Morgan fingerprint density at radius 1 is 1.08 bits per heavy atom. The summed E-state index contributed by atoms with van der Waals surface area (Å²) in [6.07, 6.45) is 13.4. The van der Waals surface area contributed by atoms with Crippen molar-refractivity contribution < 1.29 is 4.79 Å². The smallest absolute Gasteiger partial charge is 0.211 e. The maximum atomic E-state index is 9.85. The summed E-state index contributed by atoms with van der Waals surface area (Å²) in [6, 6.07) is 0. The molecule has 1 amide bonds. The Morgan fingerprint density at radius 2 is 1.77 bits per heavy atom. The van der Waals surface area contributed by atoms with E-state index in [1.54, 1.807) is 6.20 Å². The summed E-state index contributed by atoms with van der Waals surface area (Å²) < 4.78 is 0. The summed E-state index contributed by atoms with van der Waals surface area (Å²) >= 11 is 0. The van der Waals surface area contributed by atoms with Gasteiger partial charge in [-0.3, -0.25) is 4.79 Å². The lowest BCUT2D eigenvalue weighted by Gasteiger charge is -1.97. The van der Waals surface area contributed by atoms with Gasteiger partial charge in [0.05, 0.1) is 0 Å². The van der Waals surface area contributed by atoms with Crippen LogP contribution in [0.1, 0.15) is 51.9 Å². The lowest BCUT2D eigenvalue weighted by molar-refractivity contribution is -0.108. The highest BCUT2D eigenvalue weighted by Gasteiger charge is 1.87. The molecule has 0 aliphatic rings. The lowest BCUT2D eigenvalue weighted by atomic mass is 10.1. The number of amides is 1. The average Bonchev–Trinajstić information content (AvgIpc) is 2.16. The van der Waals surface area contributed by atoms with Crippen LogP contribution < -0.4 is 5.32 Å². The molecule has 1 N–H and O–H groups in total. The Hall–Kier alpha value is -0.790. The van der Waals surface area contributed by atoms with Gasteiger partial charge >= 0.3 is 0 Å². The van der Waals surface area contributed by atoms with Gasteiger partial charge in [0.2, 0.25) is 6.41 Å². The molecule has 0 aliphatic heterocycles. The molecule has 0 saturated carbocycles. The molecule has 0 aromatic rings. The van der Waals surface area contributed by atoms with Crippen LogP contribution in [0.5, 0.6) is 0 Å². The van der Waals surface area contributed by atoms with Gasteiger partial charge in [-0.25, -0.2) is 0 Å². The fraction of sp³-hybridized carbons (Fsp3) is 0.727. The zero-order valence-electron chi connectivity index (χ0n) is 8.59. The number of carbonyl (C=O) groups excluding carboxylic acids is 1. The Kier molecular flexibility index (Phi) is 10.5. The van der Waals surface area contributed by atoms with Crippen LogP contribution in [0.25, 0.3) is 0 Å². The lowest BCUT2D eigenvalue weighted by Crippen LogP contribution is -1.97. The van der Waals surface area contributed by atoms with Gasteiger partial charge in [0, 0.05) is 0 Å². The van der Waals surface area contributed by atoms with Crippen LogP contribution in [-0.2, 0) is 4.79 Å². The minimum atomic E-state index is 0.692. The zero-order valence-corrected chi connectivity index (χ0v) is 8.59. The molecule has 0 aliphatic carbocycles. The highest BCUT2D eigenvalue weighted by atomic mass is 16.1. The molecule has 13 heavy (non-hydrogen) atoms. The fourth-order valence-corrected chi connectivity index (χ4v) is 1.23. The van der Waals surface area contributed by atoms with E-state index < -0.39 is 0 Å². The Bertz CT molecular complexity index is 132. The molecule has 0 atom stereocenters. The summed E-state index contributed by atoms with van der Waals surface area (Å²) in [6.45, 7) is 2.23. The minimum absolute atomic E-state index is 0.692. The first-order valence-electron chi connectivity index (χ1n) is 5.26. The van der Waals surface area contributed by atoms with E-state index in [4.69, 9.17) is 0 Å². The molecule has 0 spiro atoms. The number of hydrogen-bond acceptors (Lipinski definition) is 1. The number of rotatable bonds is 9. The van der Waals surface area contributed by atoms with Gasteiger partial charge in [-0.2, -0.15) is 0 Å². The van der Waals surface area contributed by atoms with Crippen LogP contribution in [0.15, 0.2) is 12.3 Å². The number of nitrogens with one attached hydrogen (secondary N) is 1. The molecule has 76 valence electrons. The first-order valence-corrected chi connectivity index (χ1v) is 5.26. The van der Waals surface area contributed by atoms with E-state index in [2.05, 4.69) is 12.2 Å². The second-order valence-corrected chi connectivity index (χ2v) is 3.24. The van der Waals surface area contributed by atoms with E-state index in [0.29, 0.717) is 6.41 Å². The van der Waals surface area contributed by atoms with E-state index in [1.807, 2.05) is 6.08 Å². The minimum Gasteiger partial charge on any atom is -0.336 e. The van der Waals surface area contributed by atoms with Crippen molar-refractivity contribution in [3.63, 3.8) is 0 Å². The Balaban J connectivity index is 2.94. The largest absolute Gasteiger partial charge is 0.336 e. The molecular formula is C11H21NO. The van der Waals surface area contributed by atoms with Crippen LogP contribution >= 0.6 is 0 Å². The van der Waals surface area contributed by atoms with Gasteiger partial charge in [-0.1, -0.05) is 45.1 Å². The Morgan fingerprint density at radius 3 is 2.46 bits per heavy atom. The Labute approximate surface area is 81.4 Å². The molecule has 0 unspecified atom stereocenters. The van der Waals surface area contributed by atoms with Crippen LogP contribution in [-0.4, -0.2) is 6.41 Å². The summed E-state index contributed by atoms with van der Waals surface area (Å²) in [7, 11) is 0. The van der Waals surface area contributed by atoms with Gasteiger partial charge in [0.1, 0.15) is 0 Å². The third-order valence-electron chi connectivity index (χ3n) is 2.01. The number of allylic oxidation sites excluding steroid dienone is 1. The quantitative estimate of drug-likeness (QED) is 0.432. The second kappa shape index (κ2) is 11.2. The molecule has 0 aromatic heterocycles.